The van der Waals surface area contributed by atoms with Crippen LogP contribution in [0.4, 0.5) is 0 Å². The van der Waals surface area contributed by atoms with Crippen LogP contribution in [0.25, 0.3) is 6.08 Å². The van der Waals surface area contributed by atoms with Gasteiger partial charge < -0.3 is 18.9 Å². The van der Waals surface area contributed by atoms with Crippen molar-refractivity contribution >= 4 is 35.0 Å². The number of thiazole rings is 1. The van der Waals surface area contributed by atoms with Gasteiger partial charge in [0.05, 0.1) is 36.6 Å². The predicted molar refractivity (Wildman–Crippen MR) is 162 cm³/mol. The maximum absolute atomic E-state index is 14.1. The Bertz CT molecular complexity index is 1860. The highest BCUT2D eigenvalue weighted by atomic mass is 35.5. The van der Waals surface area contributed by atoms with E-state index in [0.29, 0.717) is 49.5 Å². The molecule has 8 nitrogen and oxygen atoms in total. The Hall–Kier alpha value is -4.34. The molecule has 3 aromatic carbocycles. The maximum Gasteiger partial charge on any atom is 0.338 e. The number of esters is 1. The first-order valence-corrected chi connectivity index (χ1v) is 14.4. The summed E-state index contributed by atoms with van der Waals surface area (Å²) in [4.78, 5) is 32.5. The Kier molecular flexibility index (Phi) is 8.80. The second-order valence-corrected chi connectivity index (χ2v) is 10.8. The lowest BCUT2D eigenvalue weighted by Crippen LogP contribution is -2.40. The average Bonchev–Trinajstić information content (AvgIpc) is 3.29. The molecular formula is C32H29ClN2O6S. The van der Waals surface area contributed by atoms with Crippen molar-refractivity contribution in [2.24, 2.45) is 4.99 Å². The van der Waals surface area contributed by atoms with Crippen molar-refractivity contribution in [2.45, 2.75) is 26.5 Å². The molecule has 0 saturated carbocycles. The van der Waals surface area contributed by atoms with Crippen molar-refractivity contribution < 1.29 is 23.7 Å². The lowest BCUT2D eigenvalue weighted by atomic mass is 9.94. The number of rotatable bonds is 9. The smallest absolute Gasteiger partial charge is 0.338 e. The molecule has 0 amide bonds. The van der Waals surface area contributed by atoms with Gasteiger partial charge in [0.1, 0.15) is 29.9 Å². The normalized spacial score (nSPS) is 14.7. The fraction of sp³-hybridized carbons (Fsp3) is 0.219. The van der Waals surface area contributed by atoms with Gasteiger partial charge in [-0.05, 0) is 61.9 Å². The van der Waals surface area contributed by atoms with Crippen LogP contribution < -0.4 is 29.1 Å². The zero-order valence-corrected chi connectivity index (χ0v) is 25.1. The average molecular weight is 605 g/mol. The second-order valence-electron chi connectivity index (χ2n) is 9.37. The summed E-state index contributed by atoms with van der Waals surface area (Å²) in [5, 5.41) is 0.630. The summed E-state index contributed by atoms with van der Waals surface area (Å²) in [6.45, 7) is 3.95. The summed E-state index contributed by atoms with van der Waals surface area (Å²) < 4.78 is 24.6. The fourth-order valence-corrected chi connectivity index (χ4v) is 6.05. The highest BCUT2D eigenvalue weighted by Gasteiger charge is 2.35. The summed E-state index contributed by atoms with van der Waals surface area (Å²) in [5.41, 5.74) is 2.63. The third-order valence-corrected chi connectivity index (χ3v) is 7.96. The Morgan fingerprint density at radius 1 is 1.05 bits per heavy atom. The number of methoxy groups -OCH3 is 2. The van der Waals surface area contributed by atoms with Crippen molar-refractivity contribution in [3.63, 3.8) is 0 Å². The summed E-state index contributed by atoms with van der Waals surface area (Å²) in [6.07, 6.45) is 1.78. The number of hydrogen-bond acceptors (Lipinski definition) is 8. The lowest BCUT2D eigenvalue weighted by molar-refractivity contribution is -0.139. The van der Waals surface area contributed by atoms with Gasteiger partial charge in [0.2, 0.25) is 0 Å². The largest absolute Gasteiger partial charge is 0.497 e. The van der Waals surface area contributed by atoms with E-state index >= 15 is 0 Å². The Balaban J connectivity index is 1.65. The first-order chi connectivity index (χ1) is 20.3. The molecule has 4 aromatic rings. The van der Waals surface area contributed by atoms with E-state index in [9.17, 15) is 9.59 Å². The minimum absolute atomic E-state index is 0.175. The van der Waals surface area contributed by atoms with Crippen molar-refractivity contribution in [1.29, 1.82) is 0 Å². The second kappa shape index (κ2) is 12.7. The van der Waals surface area contributed by atoms with Crippen molar-refractivity contribution in [3.05, 3.63) is 119 Å². The van der Waals surface area contributed by atoms with Crippen LogP contribution >= 0.6 is 22.9 Å². The molecule has 5 rings (SSSR count). The van der Waals surface area contributed by atoms with Crippen molar-refractivity contribution in [2.75, 3.05) is 20.8 Å². The van der Waals surface area contributed by atoms with E-state index in [1.807, 2.05) is 48.5 Å². The van der Waals surface area contributed by atoms with Gasteiger partial charge in [0.25, 0.3) is 5.56 Å². The summed E-state index contributed by atoms with van der Waals surface area (Å²) in [5.74, 6) is 1.10. The number of ether oxygens (including phenoxy) is 4. The van der Waals surface area contributed by atoms with E-state index in [2.05, 4.69) is 4.99 Å². The maximum atomic E-state index is 14.1. The Morgan fingerprint density at radius 3 is 2.60 bits per heavy atom. The molecule has 0 N–H and O–H groups in total. The van der Waals surface area contributed by atoms with E-state index in [1.165, 1.54) is 23.0 Å². The van der Waals surface area contributed by atoms with Crippen molar-refractivity contribution in [3.8, 4) is 17.2 Å². The predicted octanol–water partition coefficient (Wildman–Crippen LogP) is 5.05. The number of halogens is 1. The fourth-order valence-electron chi connectivity index (χ4n) is 4.80. The number of hydrogen-bond donors (Lipinski definition) is 0. The summed E-state index contributed by atoms with van der Waals surface area (Å²) in [6, 6.07) is 19.3. The number of aromatic nitrogens is 1. The van der Waals surface area contributed by atoms with Gasteiger partial charge in [-0.1, -0.05) is 53.3 Å². The number of para-hydroxylation sites is 1. The molecule has 1 aromatic heterocycles. The van der Waals surface area contributed by atoms with Crippen LogP contribution in [-0.2, 0) is 16.1 Å². The van der Waals surface area contributed by atoms with Crippen LogP contribution in [0.2, 0.25) is 5.02 Å². The molecule has 1 aliphatic heterocycles. The zero-order chi connectivity index (χ0) is 29.8. The molecule has 0 aliphatic carbocycles. The van der Waals surface area contributed by atoms with Gasteiger partial charge in [-0.25, -0.2) is 9.79 Å². The summed E-state index contributed by atoms with van der Waals surface area (Å²) in [7, 11) is 3.09. The number of carbonyl (C=O) groups excluding carboxylic acids is 1. The first kappa shape index (κ1) is 29.2. The minimum Gasteiger partial charge on any atom is -0.497 e. The van der Waals surface area contributed by atoms with Crippen LogP contribution in [0.5, 0.6) is 17.2 Å². The van der Waals surface area contributed by atoms with Gasteiger partial charge in [-0.3, -0.25) is 9.36 Å². The zero-order valence-electron chi connectivity index (χ0n) is 23.5. The summed E-state index contributed by atoms with van der Waals surface area (Å²) >= 11 is 7.36. The topological polar surface area (TPSA) is 88.4 Å². The van der Waals surface area contributed by atoms with E-state index in [1.54, 1.807) is 45.2 Å². The van der Waals surface area contributed by atoms with Gasteiger partial charge >= 0.3 is 5.97 Å². The number of allylic oxidation sites excluding steroid dienone is 1. The van der Waals surface area contributed by atoms with Gasteiger partial charge in [-0.15, -0.1) is 0 Å². The van der Waals surface area contributed by atoms with Crippen LogP contribution in [0, 0.1) is 0 Å². The molecule has 2 heterocycles. The van der Waals surface area contributed by atoms with Gasteiger partial charge in [-0.2, -0.15) is 0 Å². The first-order valence-electron chi connectivity index (χ1n) is 13.2. The molecule has 0 radical (unpaired) electrons. The standard InChI is InChI=1S/C32H29ClN2O6S/c1-5-40-31(37)28-19(2)34-32-35(29(28)24-17-23(38-3)13-14-26(24)39-4)30(36)27(42-32)16-21-10-6-7-12-25(21)41-18-20-9-8-11-22(33)15-20/h6-17,29H,5,18H2,1-4H3/b27-16-/t29-/m0/s1. The molecular weight excluding hydrogens is 576 g/mol. The third-order valence-electron chi connectivity index (χ3n) is 6.74. The van der Waals surface area contributed by atoms with E-state index < -0.39 is 12.0 Å². The quantitative estimate of drug-likeness (QED) is 0.249. The molecule has 0 spiro atoms. The molecule has 216 valence electrons. The SMILES string of the molecule is CCOC(=O)C1=C(C)N=c2s/c(=C\c3ccccc3OCc3cccc(Cl)c3)c(=O)n2[C@H]1c1cc(OC)ccc1OC. The molecule has 1 atom stereocenters. The third kappa shape index (κ3) is 5.84. The highest BCUT2D eigenvalue weighted by molar-refractivity contribution is 7.07. The number of carbonyl (C=O) groups is 1. The van der Waals surface area contributed by atoms with E-state index in [-0.39, 0.29) is 17.7 Å². The van der Waals surface area contributed by atoms with Crippen LogP contribution in [0.3, 0.4) is 0 Å². The van der Waals surface area contributed by atoms with Gasteiger partial charge in [0, 0.05) is 16.1 Å². The molecule has 0 saturated heterocycles. The van der Waals surface area contributed by atoms with Gasteiger partial charge in [0.15, 0.2) is 4.80 Å². The molecule has 42 heavy (non-hydrogen) atoms. The molecule has 10 heteroatoms. The highest BCUT2D eigenvalue weighted by Crippen LogP contribution is 2.37. The number of nitrogens with zero attached hydrogens (tertiary/aromatic N) is 2. The Morgan fingerprint density at radius 2 is 1.86 bits per heavy atom. The molecule has 0 fully saturated rings. The molecule has 0 bridgehead atoms. The molecule has 0 unspecified atom stereocenters. The van der Waals surface area contributed by atoms with E-state index in [4.69, 9.17) is 30.5 Å². The van der Waals surface area contributed by atoms with Crippen LogP contribution in [-0.4, -0.2) is 31.4 Å². The molecule has 1 aliphatic rings. The van der Waals surface area contributed by atoms with Crippen molar-refractivity contribution in [1.82, 2.24) is 4.57 Å². The van der Waals surface area contributed by atoms with Crippen LogP contribution in [0.15, 0.2) is 87.8 Å². The number of benzene rings is 3. The minimum atomic E-state index is -0.846. The monoisotopic (exact) mass is 604 g/mol. The van der Waals surface area contributed by atoms with Crippen LogP contribution in [0.1, 0.15) is 36.6 Å². The Labute approximate surface area is 251 Å². The number of fused-ring (bicyclic) bond motifs is 1. The van der Waals surface area contributed by atoms with E-state index in [0.717, 1.165) is 11.1 Å². The lowest BCUT2D eigenvalue weighted by Gasteiger charge is -2.26.